The number of benzene rings is 1. The van der Waals surface area contributed by atoms with Crippen molar-refractivity contribution >= 4 is 11.9 Å². The molecule has 0 heterocycles. The van der Waals surface area contributed by atoms with E-state index in [-0.39, 0.29) is 24.9 Å². The Morgan fingerprint density at radius 1 is 1.12 bits per heavy atom. The summed E-state index contributed by atoms with van der Waals surface area (Å²) in [7, 11) is 5.23. The summed E-state index contributed by atoms with van der Waals surface area (Å²) in [5.41, 5.74) is 1.16. The van der Waals surface area contributed by atoms with Gasteiger partial charge in [-0.2, -0.15) is 0 Å². The summed E-state index contributed by atoms with van der Waals surface area (Å²) in [6, 6.07) is 7.71. The number of nitrogens with zero attached hydrogens (tertiary/aromatic N) is 2. The highest BCUT2D eigenvalue weighted by Crippen LogP contribution is 2.13. The van der Waals surface area contributed by atoms with Gasteiger partial charge < -0.3 is 19.3 Å². The molecular weight excluding hydrogens is 308 g/mol. The molecular formula is C18H28N2O4. The van der Waals surface area contributed by atoms with Gasteiger partial charge in [-0.1, -0.05) is 19.1 Å². The van der Waals surface area contributed by atoms with Crippen molar-refractivity contribution in [2.75, 3.05) is 47.4 Å². The zero-order valence-electron chi connectivity index (χ0n) is 15.1. The van der Waals surface area contributed by atoms with Crippen LogP contribution in [-0.4, -0.2) is 69.1 Å². The van der Waals surface area contributed by atoms with E-state index in [0.29, 0.717) is 18.8 Å². The minimum Gasteiger partial charge on any atom is -0.484 e. The summed E-state index contributed by atoms with van der Waals surface area (Å²) >= 11 is 0. The zero-order chi connectivity index (χ0) is 17.9. The van der Waals surface area contributed by atoms with Crippen LogP contribution in [0.1, 0.15) is 18.9 Å². The molecule has 6 nitrogen and oxygen atoms in total. The molecule has 0 aliphatic carbocycles. The maximum Gasteiger partial charge on any atom is 0.307 e. The molecule has 0 radical (unpaired) electrons. The van der Waals surface area contributed by atoms with Gasteiger partial charge in [0.2, 0.25) is 0 Å². The van der Waals surface area contributed by atoms with Crippen LogP contribution < -0.4 is 4.74 Å². The Kier molecular flexibility index (Phi) is 8.86. The molecule has 0 bridgehead atoms. The third kappa shape index (κ3) is 7.46. The Balaban J connectivity index is 2.59. The van der Waals surface area contributed by atoms with Crippen LogP contribution in [-0.2, 0) is 20.7 Å². The number of carbonyl (C=O) groups is 2. The Labute approximate surface area is 144 Å². The van der Waals surface area contributed by atoms with Gasteiger partial charge in [-0.15, -0.1) is 0 Å². The second-order valence-corrected chi connectivity index (χ2v) is 5.80. The number of hydrogen-bond donors (Lipinski definition) is 0. The highest BCUT2D eigenvalue weighted by Gasteiger charge is 2.16. The topological polar surface area (TPSA) is 59.1 Å². The number of ether oxygens (including phenoxy) is 2. The molecule has 1 aromatic rings. The van der Waals surface area contributed by atoms with Crippen molar-refractivity contribution in [1.82, 2.24) is 9.80 Å². The van der Waals surface area contributed by atoms with Gasteiger partial charge in [-0.25, -0.2) is 0 Å². The van der Waals surface area contributed by atoms with Gasteiger partial charge in [0.15, 0.2) is 6.61 Å². The van der Waals surface area contributed by atoms with Crippen LogP contribution in [0.25, 0.3) is 0 Å². The lowest BCUT2D eigenvalue weighted by Crippen LogP contribution is -2.40. The number of carbonyl (C=O) groups excluding carboxylic acids is 2. The largest absolute Gasteiger partial charge is 0.484 e. The number of amides is 1. The van der Waals surface area contributed by atoms with E-state index in [0.717, 1.165) is 18.5 Å². The predicted molar refractivity (Wildman–Crippen MR) is 93.1 cm³/mol. The van der Waals surface area contributed by atoms with Crippen LogP contribution in [0.2, 0.25) is 0 Å². The van der Waals surface area contributed by atoms with E-state index in [1.807, 2.05) is 43.3 Å². The molecule has 1 aromatic carbocycles. The number of methoxy groups -OCH3 is 1. The number of aryl methyl sites for hydroxylation is 1. The van der Waals surface area contributed by atoms with E-state index in [4.69, 9.17) is 4.74 Å². The minimum absolute atomic E-state index is 0.0399. The summed E-state index contributed by atoms with van der Waals surface area (Å²) in [4.78, 5) is 27.4. The average Bonchev–Trinajstić information content (AvgIpc) is 2.59. The Morgan fingerprint density at radius 3 is 2.50 bits per heavy atom. The van der Waals surface area contributed by atoms with Crippen LogP contribution in [0, 0.1) is 0 Å². The predicted octanol–water partition coefficient (Wildman–Crippen LogP) is 1.58. The van der Waals surface area contributed by atoms with Crippen molar-refractivity contribution in [3.8, 4) is 5.75 Å². The number of rotatable bonds is 10. The summed E-state index contributed by atoms with van der Waals surface area (Å²) in [5, 5.41) is 0. The van der Waals surface area contributed by atoms with Gasteiger partial charge in [0.05, 0.1) is 13.5 Å². The first kappa shape index (κ1) is 20.0. The number of likely N-dealkylation sites (N-methyl/N-ethyl adjacent to an activating group) is 1. The first-order chi connectivity index (χ1) is 11.5. The van der Waals surface area contributed by atoms with E-state index in [1.54, 1.807) is 4.90 Å². The third-order valence-corrected chi connectivity index (χ3v) is 3.65. The van der Waals surface area contributed by atoms with Crippen molar-refractivity contribution < 1.29 is 19.1 Å². The van der Waals surface area contributed by atoms with E-state index < -0.39 is 0 Å². The fourth-order valence-corrected chi connectivity index (χ4v) is 2.10. The normalized spacial score (nSPS) is 10.5. The van der Waals surface area contributed by atoms with Crippen molar-refractivity contribution in [3.05, 3.63) is 29.8 Å². The second-order valence-electron chi connectivity index (χ2n) is 5.80. The lowest BCUT2D eigenvalue weighted by molar-refractivity contribution is -0.142. The minimum atomic E-state index is -0.325. The van der Waals surface area contributed by atoms with Crippen molar-refractivity contribution in [3.63, 3.8) is 0 Å². The van der Waals surface area contributed by atoms with Crippen molar-refractivity contribution in [1.29, 1.82) is 0 Å². The van der Waals surface area contributed by atoms with Gasteiger partial charge in [-0.3, -0.25) is 9.59 Å². The molecule has 0 unspecified atom stereocenters. The molecule has 6 heteroatoms. The van der Waals surface area contributed by atoms with Crippen molar-refractivity contribution in [2.24, 2.45) is 0 Å². The number of esters is 1. The van der Waals surface area contributed by atoms with Crippen molar-refractivity contribution in [2.45, 2.75) is 19.8 Å². The molecule has 1 amide bonds. The quantitative estimate of drug-likeness (QED) is 0.607. The lowest BCUT2D eigenvalue weighted by Gasteiger charge is -2.24. The fraction of sp³-hybridized carbons (Fsp3) is 0.556. The molecule has 0 aromatic heterocycles. The van der Waals surface area contributed by atoms with Crippen LogP contribution in [0.15, 0.2) is 24.3 Å². The SMILES string of the molecule is CCc1cccc(OCC(=O)N(CCC(=O)OC)CCN(C)C)c1. The first-order valence-corrected chi connectivity index (χ1v) is 8.17. The van der Waals surface area contributed by atoms with Crippen LogP contribution in [0.3, 0.4) is 0 Å². The third-order valence-electron chi connectivity index (χ3n) is 3.65. The Bertz CT molecular complexity index is 532. The second kappa shape index (κ2) is 10.6. The van der Waals surface area contributed by atoms with Gasteiger partial charge in [0, 0.05) is 19.6 Å². The van der Waals surface area contributed by atoms with Gasteiger partial charge in [0.25, 0.3) is 5.91 Å². The molecule has 0 aliphatic rings. The van der Waals surface area contributed by atoms with E-state index in [9.17, 15) is 9.59 Å². The maximum atomic E-state index is 12.4. The maximum absolute atomic E-state index is 12.4. The highest BCUT2D eigenvalue weighted by molar-refractivity contribution is 5.78. The molecule has 0 atom stereocenters. The molecule has 1 rings (SSSR count). The monoisotopic (exact) mass is 336 g/mol. The van der Waals surface area contributed by atoms with Crippen LogP contribution in [0.4, 0.5) is 0 Å². The molecule has 0 saturated carbocycles. The zero-order valence-corrected chi connectivity index (χ0v) is 15.1. The molecule has 0 fully saturated rings. The van der Waals surface area contributed by atoms with Crippen LogP contribution in [0.5, 0.6) is 5.75 Å². The number of hydrogen-bond acceptors (Lipinski definition) is 5. The average molecular weight is 336 g/mol. The van der Waals surface area contributed by atoms with E-state index >= 15 is 0 Å². The van der Waals surface area contributed by atoms with E-state index in [1.165, 1.54) is 7.11 Å². The van der Waals surface area contributed by atoms with Gasteiger partial charge >= 0.3 is 5.97 Å². The van der Waals surface area contributed by atoms with Gasteiger partial charge in [0.1, 0.15) is 5.75 Å². The fourth-order valence-electron chi connectivity index (χ4n) is 2.10. The summed E-state index contributed by atoms with van der Waals surface area (Å²) in [6.07, 6.45) is 1.10. The summed E-state index contributed by atoms with van der Waals surface area (Å²) in [6.45, 7) is 3.62. The molecule has 0 N–H and O–H groups in total. The van der Waals surface area contributed by atoms with E-state index in [2.05, 4.69) is 11.7 Å². The standard InChI is InChI=1S/C18H28N2O4/c1-5-15-7-6-8-16(13-15)24-14-17(21)20(12-11-19(2)3)10-9-18(22)23-4/h6-8,13H,5,9-12,14H2,1-4H3. The molecule has 24 heavy (non-hydrogen) atoms. The Hall–Kier alpha value is -2.08. The first-order valence-electron chi connectivity index (χ1n) is 8.17. The summed E-state index contributed by atoms with van der Waals surface area (Å²) < 4.78 is 10.3. The van der Waals surface area contributed by atoms with Crippen LogP contribution >= 0.6 is 0 Å². The summed E-state index contributed by atoms with van der Waals surface area (Å²) in [5.74, 6) is 0.222. The Morgan fingerprint density at radius 2 is 1.88 bits per heavy atom. The molecule has 0 aliphatic heterocycles. The van der Waals surface area contributed by atoms with Gasteiger partial charge in [-0.05, 0) is 38.2 Å². The lowest BCUT2D eigenvalue weighted by atomic mass is 10.2. The molecule has 0 spiro atoms. The molecule has 134 valence electrons. The smallest absolute Gasteiger partial charge is 0.307 e. The molecule has 0 saturated heterocycles. The highest BCUT2D eigenvalue weighted by atomic mass is 16.5.